The summed E-state index contributed by atoms with van der Waals surface area (Å²) in [6, 6.07) is 27.1. The molecule has 4 aromatic carbocycles. The van der Waals surface area contributed by atoms with Crippen LogP contribution in [-0.2, 0) is 17.9 Å². The van der Waals surface area contributed by atoms with Crippen LogP contribution >= 0.6 is 27.7 Å². The molecule has 1 amide bonds. The van der Waals surface area contributed by atoms with Gasteiger partial charge in [0.1, 0.15) is 18.2 Å². The number of nitrogens with zero attached hydrogens (tertiary/aromatic N) is 2. The van der Waals surface area contributed by atoms with Crippen LogP contribution in [-0.4, -0.2) is 30.2 Å². The van der Waals surface area contributed by atoms with E-state index in [1.165, 1.54) is 24.9 Å². The summed E-state index contributed by atoms with van der Waals surface area (Å²) in [4.78, 5) is 20.6. The molecule has 1 aliphatic heterocycles. The average Bonchev–Trinajstić information content (AvgIpc) is 3.27. The number of methoxy groups -OCH3 is 2. The Hall–Kier alpha value is -4.08. The third kappa shape index (κ3) is 6.81. The summed E-state index contributed by atoms with van der Waals surface area (Å²) in [6.45, 7) is 0.399. The van der Waals surface area contributed by atoms with Gasteiger partial charge in [-0.1, -0.05) is 64.5 Å². The van der Waals surface area contributed by atoms with E-state index >= 15 is 0 Å². The predicted molar refractivity (Wildman–Crippen MR) is 164 cm³/mol. The minimum absolute atomic E-state index is 0.0455. The van der Waals surface area contributed by atoms with Gasteiger partial charge in [0.25, 0.3) is 5.91 Å². The number of carbonyl (C=O) groups is 1. The molecular weight excluding hydrogens is 607 g/mol. The van der Waals surface area contributed by atoms with Gasteiger partial charge in [-0.3, -0.25) is 9.69 Å². The SMILES string of the molecule is COc1ccc(CN2C(=O)/C(=C/c3cc(OC)c(OCc4ccccc4F)cc3Br)SC2=Nc2ccccc2)cc1. The average molecular weight is 634 g/mol. The number of ether oxygens (including phenoxy) is 3. The summed E-state index contributed by atoms with van der Waals surface area (Å²) >= 11 is 4.91. The Kier molecular flexibility index (Phi) is 9.06. The molecule has 0 spiro atoms. The molecule has 1 fully saturated rings. The smallest absolute Gasteiger partial charge is 0.267 e. The molecule has 208 valence electrons. The van der Waals surface area contributed by atoms with Crippen LogP contribution in [0.3, 0.4) is 0 Å². The van der Waals surface area contributed by atoms with Gasteiger partial charge in [-0.2, -0.15) is 0 Å². The molecule has 0 aromatic heterocycles. The van der Waals surface area contributed by atoms with Gasteiger partial charge in [-0.25, -0.2) is 9.38 Å². The van der Waals surface area contributed by atoms with Crippen LogP contribution < -0.4 is 14.2 Å². The van der Waals surface area contributed by atoms with Crippen molar-refractivity contribution in [1.29, 1.82) is 0 Å². The molecule has 1 heterocycles. The molecule has 1 saturated heterocycles. The summed E-state index contributed by atoms with van der Waals surface area (Å²) < 4.78 is 31.5. The van der Waals surface area contributed by atoms with Crippen molar-refractivity contribution in [2.45, 2.75) is 13.2 Å². The van der Waals surface area contributed by atoms with Crippen LogP contribution in [0.25, 0.3) is 6.08 Å². The molecule has 4 aromatic rings. The lowest BCUT2D eigenvalue weighted by molar-refractivity contribution is -0.122. The van der Waals surface area contributed by atoms with Crippen LogP contribution in [0, 0.1) is 5.82 Å². The zero-order valence-corrected chi connectivity index (χ0v) is 24.7. The van der Waals surface area contributed by atoms with Gasteiger partial charge in [-0.15, -0.1) is 0 Å². The number of halogens is 2. The normalized spacial score (nSPS) is 15.0. The molecule has 0 bridgehead atoms. The second kappa shape index (κ2) is 13.1. The number of thioether (sulfide) groups is 1. The van der Waals surface area contributed by atoms with Gasteiger partial charge in [-0.05, 0) is 71.4 Å². The Labute approximate surface area is 250 Å². The lowest BCUT2D eigenvalue weighted by Crippen LogP contribution is -2.28. The van der Waals surface area contributed by atoms with Crippen molar-refractivity contribution in [2.75, 3.05) is 14.2 Å². The molecule has 1 aliphatic rings. The zero-order chi connectivity index (χ0) is 28.8. The highest BCUT2D eigenvalue weighted by atomic mass is 79.9. The second-order valence-electron chi connectivity index (χ2n) is 8.98. The molecular formula is C32H26BrFN2O4S. The number of aliphatic imine (C=N–C) groups is 1. The number of carbonyl (C=O) groups excluding carboxylic acids is 1. The summed E-state index contributed by atoms with van der Waals surface area (Å²) in [5, 5.41) is 0.580. The van der Waals surface area contributed by atoms with Gasteiger partial charge < -0.3 is 14.2 Å². The minimum Gasteiger partial charge on any atom is -0.497 e. The summed E-state index contributed by atoms with van der Waals surface area (Å²) in [6.07, 6.45) is 1.80. The predicted octanol–water partition coefficient (Wildman–Crippen LogP) is 7.99. The van der Waals surface area contributed by atoms with Crippen LogP contribution in [0.1, 0.15) is 16.7 Å². The Morgan fingerprint density at radius 2 is 1.66 bits per heavy atom. The van der Waals surface area contributed by atoms with Crippen molar-refractivity contribution < 1.29 is 23.4 Å². The van der Waals surface area contributed by atoms with E-state index in [0.29, 0.717) is 38.2 Å². The molecule has 0 N–H and O–H groups in total. The van der Waals surface area contributed by atoms with E-state index in [1.807, 2.05) is 54.6 Å². The van der Waals surface area contributed by atoms with Gasteiger partial charge in [0.15, 0.2) is 16.7 Å². The zero-order valence-electron chi connectivity index (χ0n) is 22.3. The van der Waals surface area contributed by atoms with Crippen LogP contribution in [0.15, 0.2) is 105 Å². The first-order valence-corrected chi connectivity index (χ1v) is 14.3. The van der Waals surface area contributed by atoms with Gasteiger partial charge >= 0.3 is 0 Å². The first kappa shape index (κ1) is 28.4. The topological polar surface area (TPSA) is 60.4 Å². The third-order valence-corrected chi connectivity index (χ3v) is 7.97. The van der Waals surface area contributed by atoms with E-state index in [0.717, 1.165) is 22.6 Å². The highest BCUT2D eigenvalue weighted by Gasteiger charge is 2.34. The van der Waals surface area contributed by atoms with Crippen LogP contribution in [0.4, 0.5) is 10.1 Å². The number of rotatable bonds is 9. The Morgan fingerprint density at radius 1 is 0.927 bits per heavy atom. The fourth-order valence-corrected chi connectivity index (χ4v) is 5.53. The number of hydrogen-bond acceptors (Lipinski definition) is 6. The monoisotopic (exact) mass is 632 g/mol. The Balaban J connectivity index is 1.44. The molecule has 0 saturated carbocycles. The number of amidine groups is 1. The van der Waals surface area contributed by atoms with Crippen molar-refractivity contribution >= 4 is 50.5 Å². The molecule has 41 heavy (non-hydrogen) atoms. The highest BCUT2D eigenvalue weighted by molar-refractivity contribution is 9.10. The maximum atomic E-state index is 14.1. The van der Waals surface area contributed by atoms with Gasteiger partial charge in [0.2, 0.25) is 0 Å². The lowest BCUT2D eigenvalue weighted by atomic mass is 10.1. The molecule has 9 heteroatoms. The van der Waals surface area contributed by atoms with Crippen molar-refractivity contribution in [3.8, 4) is 17.2 Å². The first-order chi connectivity index (χ1) is 19.9. The molecule has 5 rings (SSSR count). The number of amides is 1. The van der Waals surface area contributed by atoms with Crippen molar-refractivity contribution in [3.63, 3.8) is 0 Å². The molecule has 0 atom stereocenters. The second-order valence-corrected chi connectivity index (χ2v) is 10.8. The van der Waals surface area contributed by atoms with Gasteiger partial charge in [0.05, 0.1) is 31.4 Å². The van der Waals surface area contributed by atoms with Gasteiger partial charge in [0, 0.05) is 10.0 Å². The number of benzene rings is 4. The highest BCUT2D eigenvalue weighted by Crippen LogP contribution is 2.39. The van der Waals surface area contributed by atoms with E-state index in [9.17, 15) is 9.18 Å². The summed E-state index contributed by atoms with van der Waals surface area (Å²) in [7, 11) is 3.15. The molecule has 0 aliphatic carbocycles. The summed E-state index contributed by atoms with van der Waals surface area (Å²) in [5.41, 5.74) is 2.86. The van der Waals surface area contributed by atoms with Crippen molar-refractivity contribution in [2.24, 2.45) is 4.99 Å². The Morgan fingerprint density at radius 3 is 2.37 bits per heavy atom. The number of para-hydroxylation sites is 1. The molecule has 0 unspecified atom stereocenters. The number of hydrogen-bond donors (Lipinski definition) is 0. The van der Waals surface area contributed by atoms with E-state index in [1.54, 1.807) is 48.4 Å². The van der Waals surface area contributed by atoms with E-state index < -0.39 is 0 Å². The minimum atomic E-state index is -0.337. The van der Waals surface area contributed by atoms with Crippen LogP contribution in [0.5, 0.6) is 17.2 Å². The largest absolute Gasteiger partial charge is 0.497 e. The van der Waals surface area contributed by atoms with Crippen molar-refractivity contribution in [3.05, 3.63) is 123 Å². The van der Waals surface area contributed by atoms with E-state index in [2.05, 4.69) is 15.9 Å². The standard InChI is InChI=1S/C32H26BrFN2O4S/c1-38-25-14-12-21(13-15-25)19-36-31(37)30(41-32(36)35-24-9-4-3-5-10-24)17-23-16-28(39-2)29(18-26(23)33)40-20-22-8-6-7-11-27(22)34/h3-18H,19-20H2,1-2H3/b30-17-,35-32?. The lowest BCUT2D eigenvalue weighted by Gasteiger charge is -2.16. The fourth-order valence-electron chi connectivity index (χ4n) is 4.10. The maximum absolute atomic E-state index is 14.1. The molecule has 6 nitrogen and oxygen atoms in total. The maximum Gasteiger partial charge on any atom is 0.267 e. The summed E-state index contributed by atoms with van der Waals surface area (Å²) in [5.74, 6) is 1.15. The van der Waals surface area contributed by atoms with Crippen molar-refractivity contribution in [1.82, 2.24) is 4.90 Å². The molecule has 0 radical (unpaired) electrons. The third-order valence-electron chi connectivity index (χ3n) is 6.28. The first-order valence-electron chi connectivity index (χ1n) is 12.7. The quantitative estimate of drug-likeness (QED) is 0.175. The van der Waals surface area contributed by atoms with Crippen LogP contribution in [0.2, 0.25) is 0 Å². The van der Waals surface area contributed by atoms with E-state index in [4.69, 9.17) is 19.2 Å². The Bertz CT molecular complexity index is 1610. The fraction of sp³-hybridized carbons (Fsp3) is 0.125. The van der Waals surface area contributed by atoms with E-state index in [-0.39, 0.29) is 18.3 Å².